The number of hydrogen-bond acceptors (Lipinski definition) is 5. The minimum Gasteiger partial charge on any atom is -0.377 e. The standard InChI is InChI=1S/C25H30N4O4S/c1-18-24(19(2)29(28-18)17-20-7-4-3-5-8-20)16-26-25(30)21-10-12-23(13-11-21)34(31,32)27-15-22-9-6-14-33-22/h3-5,7-8,10-13,22,27H,6,9,14-17H2,1-2H3,(H,26,30). The van der Waals surface area contributed by atoms with Crippen LogP contribution in [0.3, 0.4) is 0 Å². The third kappa shape index (κ3) is 5.72. The molecule has 1 aliphatic heterocycles. The Bertz CT molecular complexity index is 1230. The van der Waals surface area contributed by atoms with E-state index in [9.17, 15) is 13.2 Å². The SMILES string of the molecule is Cc1nn(Cc2ccccc2)c(C)c1CNC(=O)c1ccc(S(=O)(=O)NCC2CCCO2)cc1. The Morgan fingerprint density at radius 2 is 1.85 bits per heavy atom. The van der Waals surface area contributed by atoms with Crippen LogP contribution < -0.4 is 10.0 Å². The lowest BCUT2D eigenvalue weighted by molar-refractivity contribution is 0.0950. The molecule has 1 aromatic heterocycles. The van der Waals surface area contributed by atoms with E-state index in [4.69, 9.17) is 4.74 Å². The van der Waals surface area contributed by atoms with Crippen molar-refractivity contribution in [3.8, 4) is 0 Å². The van der Waals surface area contributed by atoms with Gasteiger partial charge in [-0.3, -0.25) is 9.48 Å². The van der Waals surface area contributed by atoms with Crippen molar-refractivity contribution in [3.05, 3.63) is 82.7 Å². The van der Waals surface area contributed by atoms with Gasteiger partial charge in [-0.15, -0.1) is 0 Å². The van der Waals surface area contributed by atoms with Crippen LogP contribution in [-0.4, -0.2) is 43.4 Å². The normalized spacial score (nSPS) is 16.0. The molecular weight excluding hydrogens is 452 g/mol. The molecule has 2 heterocycles. The molecule has 0 bridgehead atoms. The highest BCUT2D eigenvalue weighted by Crippen LogP contribution is 2.16. The van der Waals surface area contributed by atoms with E-state index in [0.717, 1.165) is 35.4 Å². The van der Waals surface area contributed by atoms with Crippen molar-refractivity contribution in [1.29, 1.82) is 0 Å². The van der Waals surface area contributed by atoms with Crippen molar-refractivity contribution in [1.82, 2.24) is 19.8 Å². The van der Waals surface area contributed by atoms with Gasteiger partial charge in [0.05, 0.1) is 23.2 Å². The molecule has 0 spiro atoms. The second-order valence-electron chi connectivity index (χ2n) is 8.49. The summed E-state index contributed by atoms with van der Waals surface area (Å²) in [4.78, 5) is 12.8. The number of amides is 1. The number of nitrogens with one attached hydrogen (secondary N) is 2. The molecule has 1 aliphatic rings. The van der Waals surface area contributed by atoms with Crippen LogP contribution in [0.25, 0.3) is 0 Å². The summed E-state index contributed by atoms with van der Waals surface area (Å²) in [5.41, 5.74) is 4.39. The first-order valence-electron chi connectivity index (χ1n) is 11.4. The fourth-order valence-electron chi connectivity index (χ4n) is 4.05. The fraction of sp³-hybridized carbons (Fsp3) is 0.360. The Kier molecular flexibility index (Phi) is 7.45. The van der Waals surface area contributed by atoms with Crippen molar-refractivity contribution in [2.24, 2.45) is 0 Å². The van der Waals surface area contributed by atoms with Gasteiger partial charge >= 0.3 is 0 Å². The van der Waals surface area contributed by atoms with E-state index in [1.165, 1.54) is 24.3 Å². The van der Waals surface area contributed by atoms with E-state index in [-0.39, 0.29) is 23.5 Å². The molecule has 2 aromatic carbocycles. The van der Waals surface area contributed by atoms with Gasteiger partial charge in [-0.1, -0.05) is 30.3 Å². The lowest BCUT2D eigenvalue weighted by Gasteiger charge is -2.12. The van der Waals surface area contributed by atoms with Crippen LogP contribution >= 0.6 is 0 Å². The van der Waals surface area contributed by atoms with Gasteiger partial charge in [0.25, 0.3) is 5.91 Å². The Morgan fingerprint density at radius 1 is 1.12 bits per heavy atom. The monoisotopic (exact) mass is 482 g/mol. The van der Waals surface area contributed by atoms with Gasteiger partial charge < -0.3 is 10.1 Å². The summed E-state index contributed by atoms with van der Waals surface area (Å²) in [7, 11) is -3.65. The third-order valence-electron chi connectivity index (χ3n) is 6.08. The molecule has 1 amide bonds. The second-order valence-corrected chi connectivity index (χ2v) is 10.3. The van der Waals surface area contributed by atoms with Crippen molar-refractivity contribution in [2.75, 3.05) is 13.2 Å². The minimum atomic E-state index is -3.65. The summed E-state index contributed by atoms with van der Waals surface area (Å²) in [6.07, 6.45) is 1.72. The van der Waals surface area contributed by atoms with Gasteiger partial charge in [-0.2, -0.15) is 5.10 Å². The summed E-state index contributed by atoms with van der Waals surface area (Å²) >= 11 is 0. The first kappa shape index (κ1) is 24.1. The molecule has 0 aliphatic carbocycles. The Balaban J connectivity index is 1.36. The van der Waals surface area contributed by atoms with E-state index in [1.54, 1.807) is 0 Å². The van der Waals surface area contributed by atoms with Crippen LogP contribution in [0.4, 0.5) is 0 Å². The van der Waals surface area contributed by atoms with Crippen LogP contribution in [0, 0.1) is 13.8 Å². The van der Waals surface area contributed by atoms with E-state index >= 15 is 0 Å². The first-order chi connectivity index (χ1) is 16.3. The molecule has 0 saturated carbocycles. The average Bonchev–Trinajstić information content (AvgIpc) is 3.45. The third-order valence-corrected chi connectivity index (χ3v) is 7.52. The topological polar surface area (TPSA) is 102 Å². The number of hydrogen-bond donors (Lipinski definition) is 2. The molecule has 34 heavy (non-hydrogen) atoms. The quantitative estimate of drug-likeness (QED) is 0.488. The number of ether oxygens (including phenoxy) is 1. The maximum Gasteiger partial charge on any atom is 0.251 e. The van der Waals surface area contributed by atoms with Crippen molar-refractivity contribution >= 4 is 15.9 Å². The highest BCUT2D eigenvalue weighted by molar-refractivity contribution is 7.89. The lowest BCUT2D eigenvalue weighted by atomic mass is 10.1. The highest BCUT2D eigenvalue weighted by atomic mass is 32.2. The predicted molar refractivity (Wildman–Crippen MR) is 129 cm³/mol. The van der Waals surface area contributed by atoms with Crippen LogP contribution in [0.1, 0.15) is 45.7 Å². The zero-order chi connectivity index (χ0) is 24.1. The first-order valence-corrected chi connectivity index (χ1v) is 12.9. The molecule has 4 rings (SSSR count). The largest absolute Gasteiger partial charge is 0.377 e. The molecule has 1 unspecified atom stereocenters. The van der Waals surface area contributed by atoms with Crippen molar-refractivity contribution < 1.29 is 17.9 Å². The minimum absolute atomic E-state index is 0.0798. The molecule has 1 saturated heterocycles. The number of carbonyl (C=O) groups is 1. The summed E-state index contributed by atoms with van der Waals surface area (Å²) < 4.78 is 35.0. The Labute approximate surface area is 200 Å². The molecule has 1 atom stereocenters. The fourth-order valence-corrected chi connectivity index (χ4v) is 5.11. The number of aromatic nitrogens is 2. The summed E-state index contributed by atoms with van der Waals surface area (Å²) in [6.45, 7) is 5.85. The molecule has 8 nitrogen and oxygen atoms in total. The maximum atomic E-state index is 12.7. The number of nitrogens with zero attached hydrogens (tertiary/aromatic N) is 2. The summed E-state index contributed by atoms with van der Waals surface area (Å²) in [5, 5.41) is 7.54. The summed E-state index contributed by atoms with van der Waals surface area (Å²) in [6, 6.07) is 16.0. The van der Waals surface area contributed by atoms with Gasteiger partial charge in [0.1, 0.15) is 0 Å². The van der Waals surface area contributed by atoms with Gasteiger partial charge in [0.15, 0.2) is 0 Å². The molecule has 1 fully saturated rings. The molecule has 2 N–H and O–H groups in total. The molecule has 9 heteroatoms. The average molecular weight is 483 g/mol. The zero-order valence-electron chi connectivity index (χ0n) is 19.5. The van der Waals surface area contributed by atoms with Crippen molar-refractivity contribution in [2.45, 2.75) is 50.8 Å². The van der Waals surface area contributed by atoms with Crippen LogP contribution in [0.5, 0.6) is 0 Å². The van der Waals surface area contributed by atoms with Crippen LogP contribution in [0.2, 0.25) is 0 Å². The number of aryl methyl sites for hydroxylation is 1. The van der Waals surface area contributed by atoms with Crippen LogP contribution in [-0.2, 0) is 27.8 Å². The van der Waals surface area contributed by atoms with Gasteiger partial charge in [0.2, 0.25) is 10.0 Å². The highest BCUT2D eigenvalue weighted by Gasteiger charge is 2.21. The number of sulfonamides is 1. The maximum absolute atomic E-state index is 12.7. The second kappa shape index (κ2) is 10.5. The zero-order valence-corrected chi connectivity index (χ0v) is 20.3. The Hall–Kier alpha value is -3.01. The molecule has 180 valence electrons. The smallest absolute Gasteiger partial charge is 0.251 e. The van der Waals surface area contributed by atoms with E-state index in [1.807, 2.05) is 36.7 Å². The summed E-state index contributed by atoms with van der Waals surface area (Å²) in [5.74, 6) is -0.272. The number of carbonyl (C=O) groups excluding carboxylic acids is 1. The lowest BCUT2D eigenvalue weighted by Crippen LogP contribution is -2.31. The van der Waals surface area contributed by atoms with E-state index < -0.39 is 10.0 Å². The van der Waals surface area contributed by atoms with Crippen molar-refractivity contribution in [3.63, 3.8) is 0 Å². The number of benzene rings is 2. The predicted octanol–water partition coefficient (Wildman–Crippen LogP) is 2.94. The Morgan fingerprint density at radius 3 is 2.53 bits per heavy atom. The van der Waals surface area contributed by atoms with E-state index in [0.29, 0.717) is 25.3 Å². The molecule has 0 radical (unpaired) electrons. The van der Waals surface area contributed by atoms with E-state index in [2.05, 4.69) is 27.3 Å². The van der Waals surface area contributed by atoms with Gasteiger partial charge in [0, 0.05) is 36.5 Å². The van der Waals surface area contributed by atoms with Crippen LogP contribution in [0.15, 0.2) is 59.5 Å². The molecule has 3 aromatic rings. The number of rotatable bonds is 9. The van der Waals surface area contributed by atoms with Gasteiger partial charge in [-0.25, -0.2) is 13.1 Å². The van der Waals surface area contributed by atoms with Gasteiger partial charge in [-0.05, 0) is 56.5 Å². The molecular formula is C25H30N4O4S.